The number of nitrogens with one attached hydrogen (secondary N) is 5. The predicted octanol–water partition coefficient (Wildman–Crippen LogP) is 3.59. The van der Waals surface area contributed by atoms with Crippen molar-refractivity contribution in [2.75, 3.05) is 7.05 Å². The molecule has 1 fully saturated rings. The summed E-state index contributed by atoms with van der Waals surface area (Å²) in [5.74, 6) is -3.21. The van der Waals surface area contributed by atoms with E-state index in [4.69, 9.17) is 5.73 Å². The van der Waals surface area contributed by atoms with Crippen LogP contribution < -0.4 is 31.7 Å². The zero-order valence-electron chi connectivity index (χ0n) is 38.8. The van der Waals surface area contributed by atoms with E-state index in [-0.39, 0.29) is 50.0 Å². The standard InChI is InChI=1S/C48H73N9O7/c1-8-32(4)43(46(62)51-29-36-21-15-16-22-57(36)64)55-44(60)37(31(2)3)26-41(58)38(23-33-17-11-9-12-18-33)54-45(61)40(25-35-28-50-30-52-35)56(7)47(63)39(24-34-19-13-10-14-20-34)53-42(59)27-48(5,6)49/h10,13-16,19-22,28,30-33,37-41,43,58H,8-9,11-12,17-18,23-27,29,49H2,1-7H3,(H,50,52)(H,51,62)(H,53,59)(H,54,61)(H,55,60)/t32-,37-,38-,39-,40-,41-,43-/m0/s1. The molecule has 0 unspecified atom stereocenters. The summed E-state index contributed by atoms with van der Waals surface area (Å²) in [4.78, 5) is 78.8. The molecule has 1 aromatic carbocycles. The highest BCUT2D eigenvalue weighted by atomic mass is 16.5. The van der Waals surface area contributed by atoms with Crippen LogP contribution >= 0.6 is 0 Å². The Morgan fingerprint density at radius 3 is 2.25 bits per heavy atom. The van der Waals surface area contributed by atoms with Gasteiger partial charge in [0, 0.05) is 61.8 Å². The van der Waals surface area contributed by atoms with E-state index in [2.05, 4.69) is 31.2 Å². The molecule has 8 N–H and O–H groups in total. The minimum Gasteiger partial charge on any atom is -0.618 e. The summed E-state index contributed by atoms with van der Waals surface area (Å²) in [5.41, 5.74) is 7.11. The van der Waals surface area contributed by atoms with E-state index < -0.39 is 71.3 Å². The van der Waals surface area contributed by atoms with Crippen molar-refractivity contribution < 1.29 is 33.8 Å². The van der Waals surface area contributed by atoms with Crippen LogP contribution in [0.1, 0.15) is 116 Å². The fourth-order valence-electron chi connectivity index (χ4n) is 8.45. The zero-order chi connectivity index (χ0) is 47.0. The lowest BCUT2D eigenvalue weighted by atomic mass is 9.81. The Labute approximate surface area is 378 Å². The lowest BCUT2D eigenvalue weighted by Gasteiger charge is -2.36. The number of aromatic amines is 1. The van der Waals surface area contributed by atoms with Gasteiger partial charge in [-0.15, -0.1) is 0 Å². The fourth-order valence-corrected chi connectivity index (χ4v) is 8.45. The predicted molar refractivity (Wildman–Crippen MR) is 245 cm³/mol. The van der Waals surface area contributed by atoms with Gasteiger partial charge in [-0.3, -0.25) is 24.0 Å². The number of rotatable bonds is 24. The molecule has 0 radical (unpaired) electrons. The van der Waals surface area contributed by atoms with Crippen LogP contribution in [0, 0.1) is 28.9 Å². The summed E-state index contributed by atoms with van der Waals surface area (Å²) in [7, 11) is 1.54. The number of carbonyl (C=O) groups is 5. The van der Waals surface area contributed by atoms with Crippen molar-refractivity contribution in [2.24, 2.45) is 29.4 Å². The Hall–Kier alpha value is -5.35. The second kappa shape index (κ2) is 24.6. The Balaban J connectivity index is 1.59. The van der Waals surface area contributed by atoms with Gasteiger partial charge in [-0.2, -0.15) is 4.73 Å². The summed E-state index contributed by atoms with van der Waals surface area (Å²) in [6.07, 6.45) is 9.59. The summed E-state index contributed by atoms with van der Waals surface area (Å²) in [6, 6.07) is 10.4. The van der Waals surface area contributed by atoms with E-state index >= 15 is 0 Å². The maximum Gasteiger partial charge on any atom is 0.245 e. The minimum absolute atomic E-state index is 0.00112. The molecule has 4 rings (SSSR count). The number of imidazole rings is 1. The van der Waals surface area contributed by atoms with Crippen LogP contribution in [0.3, 0.4) is 0 Å². The van der Waals surface area contributed by atoms with E-state index in [1.165, 1.54) is 24.5 Å². The molecule has 0 saturated heterocycles. The van der Waals surface area contributed by atoms with E-state index in [9.17, 15) is 34.3 Å². The number of hydrogen-bond acceptors (Lipinski definition) is 9. The van der Waals surface area contributed by atoms with E-state index in [0.29, 0.717) is 29.0 Å². The van der Waals surface area contributed by atoms with E-state index in [1.54, 1.807) is 38.2 Å². The second-order valence-corrected chi connectivity index (χ2v) is 18.8. The van der Waals surface area contributed by atoms with Crippen molar-refractivity contribution >= 4 is 29.5 Å². The minimum atomic E-state index is -1.16. The molecule has 2 aromatic heterocycles. The van der Waals surface area contributed by atoms with Crippen LogP contribution in [0.2, 0.25) is 0 Å². The first kappa shape index (κ1) is 51.3. The largest absolute Gasteiger partial charge is 0.618 e. The van der Waals surface area contributed by atoms with Gasteiger partial charge in [-0.1, -0.05) is 96.6 Å². The number of benzene rings is 1. The van der Waals surface area contributed by atoms with Gasteiger partial charge < -0.3 is 47.2 Å². The third-order valence-corrected chi connectivity index (χ3v) is 12.5. The van der Waals surface area contributed by atoms with Gasteiger partial charge in [-0.05, 0) is 56.1 Å². The van der Waals surface area contributed by atoms with Gasteiger partial charge in [-0.25, -0.2) is 4.98 Å². The fraction of sp³-hybridized carbons (Fsp3) is 0.604. The summed E-state index contributed by atoms with van der Waals surface area (Å²) in [6.45, 7) is 11.0. The number of hydrogen-bond donors (Lipinski definition) is 7. The van der Waals surface area contributed by atoms with Crippen molar-refractivity contribution in [3.63, 3.8) is 0 Å². The van der Waals surface area contributed by atoms with Crippen molar-refractivity contribution in [1.82, 2.24) is 36.1 Å². The first-order chi connectivity index (χ1) is 30.4. The Morgan fingerprint density at radius 1 is 0.953 bits per heavy atom. The SMILES string of the molecule is CC[C@H](C)[C@H](NC(=O)[C@@H](C[C@H](O)[C@H](CC1CCCCC1)NC(=O)[C@H](Cc1cnc[nH]1)N(C)C(=O)[C@H](Cc1ccccc1)NC(=O)CC(C)(C)N)C(C)C)C(=O)NCc1cccc[n+]1[O-]. The molecule has 7 atom stereocenters. The topological polar surface area (TPSA) is 239 Å². The molecular weight excluding hydrogens is 815 g/mol. The van der Waals surface area contributed by atoms with Crippen LogP contribution in [0.15, 0.2) is 67.3 Å². The number of aliphatic hydroxyl groups is 1. The molecule has 3 aromatic rings. The van der Waals surface area contributed by atoms with Crippen molar-refractivity contribution in [1.29, 1.82) is 0 Å². The zero-order valence-corrected chi connectivity index (χ0v) is 38.8. The quantitative estimate of drug-likeness (QED) is 0.0513. The second-order valence-electron chi connectivity index (χ2n) is 18.8. The molecule has 64 heavy (non-hydrogen) atoms. The Morgan fingerprint density at radius 2 is 1.64 bits per heavy atom. The third kappa shape index (κ3) is 16.0. The first-order valence-corrected chi connectivity index (χ1v) is 23.0. The van der Waals surface area contributed by atoms with Gasteiger partial charge in [0.2, 0.25) is 35.2 Å². The molecule has 1 aliphatic carbocycles. The van der Waals surface area contributed by atoms with Crippen molar-refractivity contribution in [3.05, 3.63) is 89.4 Å². The number of carbonyl (C=O) groups excluding carboxylic acids is 5. The number of H-pyrrole nitrogens is 1. The number of nitrogens with two attached hydrogens (primary N) is 1. The van der Waals surface area contributed by atoms with E-state index in [1.807, 2.05) is 58.0 Å². The highest BCUT2D eigenvalue weighted by Gasteiger charge is 2.38. The van der Waals surface area contributed by atoms with Crippen LogP contribution in [-0.2, 0) is 43.4 Å². The van der Waals surface area contributed by atoms with Crippen molar-refractivity contribution in [3.8, 4) is 0 Å². The number of aliphatic hydroxyl groups excluding tert-OH is 1. The lowest BCUT2D eigenvalue weighted by Crippen LogP contribution is -2.58. The van der Waals surface area contributed by atoms with Crippen LogP contribution in [0.4, 0.5) is 0 Å². The number of amides is 5. The monoisotopic (exact) mass is 888 g/mol. The van der Waals surface area contributed by atoms with Crippen LogP contribution in [0.5, 0.6) is 0 Å². The molecule has 0 spiro atoms. The van der Waals surface area contributed by atoms with Crippen molar-refractivity contribution in [2.45, 2.75) is 155 Å². The molecule has 0 bridgehead atoms. The maximum absolute atomic E-state index is 14.7. The molecular formula is C48H73N9O7. The third-order valence-electron chi connectivity index (χ3n) is 12.5. The van der Waals surface area contributed by atoms with Crippen LogP contribution in [0.25, 0.3) is 0 Å². The lowest BCUT2D eigenvalue weighted by molar-refractivity contribution is -0.614. The number of likely N-dealkylation sites (N-methyl/N-ethyl adjacent to an activating group) is 1. The molecule has 1 saturated carbocycles. The van der Waals surface area contributed by atoms with Gasteiger partial charge in [0.25, 0.3) is 0 Å². The van der Waals surface area contributed by atoms with Gasteiger partial charge in [0.05, 0.1) is 18.5 Å². The summed E-state index contributed by atoms with van der Waals surface area (Å²) >= 11 is 0. The van der Waals surface area contributed by atoms with Crippen LogP contribution in [-0.4, -0.2) is 92.4 Å². The highest BCUT2D eigenvalue weighted by molar-refractivity contribution is 5.93. The molecule has 1 aliphatic rings. The average molecular weight is 888 g/mol. The number of pyridine rings is 1. The molecule has 352 valence electrons. The molecule has 16 nitrogen and oxygen atoms in total. The average Bonchev–Trinajstić information content (AvgIpc) is 3.78. The Kier molecular flexibility index (Phi) is 19.7. The Bertz CT molecular complexity index is 1930. The van der Waals surface area contributed by atoms with Gasteiger partial charge in [0.15, 0.2) is 6.20 Å². The first-order valence-electron chi connectivity index (χ1n) is 23.0. The normalized spacial score (nSPS) is 16.7. The molecule has 0 aliphatic heterocycles. The van der Waals surface area contributed by atoms with Gasteiger partial charge >= 0.3 is 0 Å². The summed E-state index contributed by atoms with van der Waals surface area (Å²) < 4.78 is 0.679. The smallest absolute Gasteiger partial charge is 0.245 e. The molecule has 2 heterocycles. The van der Waals surface area contributed by atoms with Gasteiger partial charge in [0.1, 0.15) is 24.7 Å². The molecule has 16 heteroatoms. The number of nitrogens with zero attached hydrogens (tertiary/aromatic N) is 3. The molecule has 5 amide bonds. The maximum atomic E-state index is 14.7. The summed E-state index contributed by atoms with van der Waals surface area (Å²) in [5, 5.41) is 36.2. The highest BCUT2D eigenvalue weighted by Crippen LogP contribution is 2.30. The number of aromatic nitrogens is 3. The van der Waals surface area contributed by atoms with E-state index in [0.717, 1.165) is 37.7 Å².